The fourth-order valence-corrected chi connectivity index (χ4v) is 4.94. The summed E-state index contributed by atoms with van der Waals surface area (Å²) >= 11 is 1.52. The molecule has 0 unspecified atom stereocenters. The minimum absolute atomic E-state index is 0.0322. The van der Waals surface area contributed by atoms with Gasteiger partial charge in [0.15, 0.2) is 0 Å². The lowest BCUT2D eigenvalue weighted by molar-refractivity contribution is -0.128. The average Bonchev–Trinajstić information content (AvgIpc) is 3.59. The number of hydrogen-bond donors (Lipinski definition) is 1. The number of pyridine rings is 2. The van der Waals surface area contributed by atoms with Crippen molar-refractivity contribution in [2.24, 2.45) is 0 Å². The Morgan fingerprint density at radius 2 is 1.94 bits per heavy atom. The molecule has 0 aromatic carbocycles. The zero-order chi connectivity index (χ0) is 24.4. The van der Waals surface area contributed by atoms with E-state index in [0.717, 1.165) is 39.2 Å². The molecule has 4 aromatic rings. The number of amides is 1. The summed E-state index contributed by atoms with van der Waals surface area (Å²) < 4.78 is 5.58. The van der Waals surface area contributed by atoms with Crippen LogP contribution in [0.15, 0.2) is 66.4 Å². The van der Waals surface area contributed by atoms with Crippen LogP contribution in [-0.2, 0) is 11.2 Å². The van der Waals surface area contributed by atoms with Crippen molar-refractivity contribution in [3.63, 3.8) is 0 Å². The Bertz CT molecular complexity index is 1370. The molecule has 9 heteroatoms. The molecule has 0 aliphatic carbocycles. The van der Waals surface area contributed by atoms with E-state index in [0.29, 0.717) is 43.9 Å². The topological polar surface area (TPSA) is 87.2 Å². The Morgan fingerprint density at radius 1 is 1.14 bits per heavy atom. The summed E-state index contributed by atoms with van der Waals surface area (Å²) in [5.74, 6) is 0.618. The normalized spacial score (nSPS) is 13.7. The Hall–Kier alpha value is -3.98. The quantitative estimate of drug-likeness (QED) is 0.397. The van der Waals surface area contributed by atoms with Gasteiger partial charge in [-0.3, -0.25) is 9.78 Å². The largest absolute Gasteiger partial charge is 0.494 e. The summed E-state index contributed by atoms with van der Waals surface area (Å²) in [5, 5.41) is 2.86. The molecule has 0 saturated carbocycles. The monoisotopic (exact) mass is 486 g/mol. The average molecular weight is 487 g/mol. The number of carbonyl (C=O) groups excluding carboxylic acids is 1. The highest BCUT2D eigenvalue weighted by Crippen LogP contribution is 2.35. The highest BCUT2D eigenvalue weighted by Gasteiger charge is 2.25. The van der Waals surface area contributed by atoms with Gasteiger partial charge in [0.25, 0.3) is 0 Å². The molecule has 1 fully saturated rings. The highest BCUT2D eigenvalue weighted by molar-refractivity contribution is 7.07. The zero-order valence-electron chi connectivity index (χ0n) is 19.5. The minimum atomic E-state index is -0.0322. The van der Waals surface area contributed by atoms with Gasteiger partial charge in [-0.2, -0.15) is 0 Å². The number of methoxy groups -OCH3 is 1. The van der Waals surface area contributed by atoms with Gasteiger partial charge in [-0.05, 0) is 17.7 Å². The highest BCUT2D eigenvalue weighted by atomic mass is 32.1. The molecule has 0 spiro atoms. The summed E-state index contributed by atoms with van der Waals surface area (Å²) in [6.45, 7) is 11.0. The summed E-state index contributed by atoms with van der Waals surface area (Å²) in [5.41, 5.74) is 7.40. The molecule has 178 valence electrons. The van der Waals surface area contributed by atoms with E-state index < -0.39 is 0 Å². The van der Waals surface area contributed by atoms with Gasteiger partial charge in [0, 0.05) is 61.3 Å². The first-order valence-electron chi connectivity index (χ1n) is 11.3. The summed E-state index contributed by atoms with van der Waals surface area (Å²) in [7, 11) is 1.62. The number of thiazole rings is 1. The lowest BCUT2D eigenvalue weighted by Gasteiger charge is -2.37. The minimum Gasteiger partial charge on any atom is -0.494 e. The molecule has 1 N–H and O–H groups in total. The second-order valence-corrected chi connectivity index (χ2v) is 9.05. The number of hydrogen-bond acceptors (Lipinski definition) is 7. The molecule has 1 amide bonds. The third-order valence-corrected chi connectivity index (χ3v) is 6.85. The first kappa shape index (κ1) is 22.8. The lowest BCUT2D eigenvalue weighted by atomic mass is 10.0. The van der Waals surface area contributed by atoms with E-state index in [-0.39, 0.29) is 5.91 Å². The van der Waals surface area contributed by atoms with Gasteiger partial charge in [-0.25, -0.2) is 9.97 Å². The predicted octanol–water partition coefficient (Wildman–Crippen LogP) is 4.00. The molecule has 0 radical (unpaired) electrons. The summed E-state index contributed by atoms with van der Waals surface area (Å²) in [4.78, 5) is 33.9. The molecule has 4 aromatic heterocycles. The number of carbonyl (C=O) groups is 1. The molecule has 5 rings (SSSR count). The number of rotatable bonds is 7. The van der Waals surface area contributed by atoms with Gasteiger partial charge < -0.3 is 19.5 Å². The molecule has 5 heterocycles. The van der Waals surface area contributed by atoms with Gasteiger partial charge in [0.2, 0.25) is 5.91 Å². The van der Waals surface area contributed by atoms with E-state index in [1.54, 1.807) is 25.0 Å². The first-order valence-corrected chi connectivity index (χ1v) is 12.2. The van der Waals surface area contributed by atoms with E-state index in [1.165, 1.54) is 11.3 Å². The van der Waals surface area contributed by atoms with Crippen molar-refractivity contribution < 1.29 is 9.53 Å². The third-order valence-electron chi connectivity index (χ3n) is 6.27. The molecule has 1 aliphatic rings. The molecule has 1 aliphatic heterocycles. The number of aromatic amines is 1. The van der Waals surface area contributed by atoms with Gasteiger partial charge in [-0.15, -0.1) is 11.3 Å². The standard InChI is InChI=1S/C26H26N6O2S/c1-17(26(33)32-10-8-31(9-11-32)18(2)20-6-4-5-7-27-20)12-19-13-28-25-23(19)22(34-3)14-29-24(25)21-15-35-16-30-21/h4-7,13-16,28H,1-2,8-12H2,3H3. The van der Waals surface area contributed by atoms with Crippen LogP contribution in [0, 0.1) is 0 Å². The maximum Gasteiger partial charge on any atom is 0.249 e. The van der Waals surface area contributed by atoms with E-state index >= 15 is 0 Å². The fourth-order valence-electron chi connectivity index (χ4n) is 4.41. The van der Waals surface area contributed by atoms with Gasteiger partial charge in [0.1, 0.15) is 17.1 Å². The summed E-state index contributed by atoms with van der Waals surface area (Å²) in [6, 6.07) is 5.79. The third kappa shape index (κ3) is 4.42. The number of aromatic nitrogens is 4. The molecule has 0 bridgehead atoms. The smallest absolute Gasteiger partial charge is 0.249 e. The molecule has 0 atom stereocenters. The molecule has 1 saturated heterocycles. The second-order valence-electron chi connectivity index (χ2n) is 8.33. The van der Waals surface area contributed by atoms with Crippen LogP contribution >= 0.6 is 11.3 Å². The second kappa shape index (κ2) is 9.71. The number of ether oxygens (including phenoxy) is 1. The van der Waals surface area contributed by atoms with Crippen molar-refractivity contribution in [1.29, 1.82) is 0 Å². The van der Waals surface area contributed by atoms with Crippen LogP contribution in [0.25, 0.3) is 28.0 Å². The number of nitrogens with zero attached hydrogens (tertiary/aromatic N) is 5. The van der Waals surface area contributed by atoms with Crippen LogP contribution in [0.3, 0.4) is 0 Å². The van der Waals surface area contributed by atoms with Crippen LogP contribution in [0.2, 0.25) is 0 Å². The van der Waals surface area contributed by atoms with Crippen molar-refractivity contribution in [2.75, 3.05) is 33.3 Å². The van der Waals surface area contributed by atoms with Crippen LogP contribution in [-0.4, -0.2) is 68.9 Å². The first-order chi connectivity index (χ1) is 17.1. The van der Waals surface area contributed by atoms with Crippen molar-refractivity contribution in [3.8, 4) is 17.1 Å². The number of piperazine rings is 1. The fraction of sp³-hybridized carbons (Fsp3) is 0.231. The van der Waals surface area contributed by atoms with Gasteiger partial charge >= 0.3 is 0 Å². The Morgan fingerprint density at radius 3 is 2.63 bits per heavy atom. The maximum absolute atomic E-state index is 13.2. The van der Waals surface area contributed by atoms with Crippen molar-refractivity contribution in [2.45, 2.75) is 6.42 Å². The van der Waals surface area contributed by atoms with Crippen LogP contribution in [0.4, 0.5) is 0 Å². The van der Waals surface area contributed by atoms with E-state index in [1.807, 2.05) is 34.7 Å². The van der Waals surface area contributed by atoms with Crippen molar-refractivity contribution >= 4 is 33.8 Å². The zero-order valence-corrected chi connectivity index (χ0v) is 20.3. The van der Waals surface area contributed by atoms with Crippen LogP contribution in [0.5, 0.6) is 5.75 Å². The van der Waals surface area contributed by atoms with Crippen molar-refractivity contribution in [1.82, 2.24) is 29.7 Å². The Kier molecular flexibility index (Phi) is 6.33. The van der Waals surface area contributed by atoms with E-state index in [2.05, 4.69) is 38.0 Å². The Labute approximate surface area is 207 Å². The number of fused-ring (bicyclic) bond motifs is 1. The van der Waals surface area contributed by atoms with E-state index in [4.69, 9.17) is 4.74 Å². The van der Waals surface area contributed by atoms with Crippen LogP contribution < -0.4 is 4.74 Å². The Balaban J connectivity index is 1.29. The molecule has 35 heavy (non-hydrogen) atoms. The molecular weight excluding hydrogens is 460 g/mol. The SMILES string of the molecule is C=C(Cc1c[nH]c2c(-c3cscn3)ncc(OC)c12)C(=O)N1CCN(C(=C)c2ccccn2)CC1. The number of H-pyrrole nitrogens is 1. The lowest BCUT2D eigenvalue weighted by Crippen LogP contribution is -2.48. The van der Waals surface area contributed by atoms with Crippen molar-refractivity contribution in [3.05, 3.63) is 77.7 Å². The molecular formula is C26H26N6O2S. The molecule has 8 nitrogen and oxygen atoms in total. The van der Waals surface area contributed by atoms with E-state index in [9.17, 15) is 4.79 Å². The summed E-state index contributed by atoms with van der Waals surface area (Å²) in [6.07, 6.45) is 5.78. The predicted molar refractivity (Wildman–Crippen MR) is 138 cm³/mol. The number of nitrogens with one attached hydrogen (secondary N) is 1. The van der Waals surface area contributed by atoms with Gasteiger partial charge in [0.05, 0.1) is 35.7 Å². The maximum atomic E-state index is 13.2. The van der Waals surface area contributed by atoms with Gasteiger partial charge in [-0.1, -0.05) is 19.2 Å². The van der Waals surface area contributed by atoms with Crippen LogP contribution in [0.1, 0.15) is 11.3 Å².